The Morgan fingerprint density at radius 3 is 2.88 bits per heavy atom. The predicted octanol–water partition coefficient (Wildman–Crippen LogP) is 1.00. The van der Waals surface area contributed by atoms with E-state index in [0.29, 0.717) is 19.5 Å². The van der Waals surface area contributed by atoms with Crippen molar-refractivity contribution in [2.45, 2.75) is 18.9 Å². The van der Waals surface area contributed by atoms with Gasteiger partial charge in [-0.2, -0.15) is 0 Å². The standard InChI is InChI=1S/C12H15FN2O2/c13-9-4-8(5-10(14)6-9)12(17)15-3-1-2-11(16)7-15/h4-6,11,16H,1-3,7,14H2. The third kappa shape index (κ3) is 2.74. The van der Waals surface area contributed by atoms with Crippen LogP contribution in [0.3, 0.4) is 0 Å². The number of nitrogen functional groups attached to an aromatic ring is 1. The SMILES string of the molecule is Nc1cc(F)cc(C(=O)N2CCCC(O)C2)c1. The van der Waals surface area contributed by atoms with Crippen molar-refractivity contribution < 1.29 is 14.3 Å². The van der Waals surface area contributed by atoms with E-state index in [1.54, 1.807) is 0 Å². The molecule has 0 saturated carbocycles. The smallest absolute Gasteiger partial charge is 0.254 e. The number of β-amino-alcohol motifs (C(OH)–C–C–N with tert-alkyl or cyclic N) is 1. The normalized spacial score (nSPS) is 20.4. The lowest BCUT2D eigenvalue weighted by Crippen LogP contribution is -2.42. The lowest BCUT2D eigenvalue weighted by atomic mass is 10.1. The second-order valence-electron chi connectivity index (χ2n) is 4.32. The van der Waals surface area contributed by atoms with Crippen LogP contribution in [0, 0.1) is 5.82 Å². The Morgan fingerprint density at radius 2 is 2.24 bits per heavy atom. The zero-order valence-electron chi connectivity index (χ0n) is 9.40. The van der Waals surface area contributed by atoms with Crippen LogP contribution in [0.5, 0.6) is 0 Å². The van der Waals surface area contributed by atoms with Crippen LogP contribution in [-0.4, -0.2) is 35.1 Å². The molecular formula is C12H15FN2O2. The minimum Gasteiger partial charge on any atom is -0.399 e. The van der Waals surface area contributed by atoms with E-state index in [1.165, 1.54) is 23.1 Å². The van der Waals surface area contributed by atoms with Crippen molar-refractivity contribution in [2.24, 2.45) is 0 Å². The molecule has 4 nitrogen and oxygen atoms in total. The van der Waals surface area contributed by atoms with E-state index in [2.05, 4.69) is 0 Å². The molecule has 1 amide bonds. The summed E-state index contributed by atoms with van der Waals surface area (Å²) in [5.74, 6) is -0.805. The van der Waals surface area contributed by atoms with Gasteiger partial charge in [0.1, 0.15) is 5.82 Å². The van der Waals surface area contributed by atoms with Gasteiger partial charge in [0.05, 0.1) is 6.10 Å². The topological polar surface area (TPSA) is 66.6 Å². The highest BCUT2D eigenvalue weighted by molar-refractivity contribution is 5.95. The molecule has 92 valence electrons. The number of carbonyl (C=O) groups excluding carboxylic acids is 1. The number of nitrogens with zero attached hydrogens (tertiary/aromatic N) is 1. The zero-order chi connectivity index (χ0) is 12.4. The van der Waals surface area contributed by atoms with Gasteiger partial charge in [0.2, 0.25) is 0 Å². The van der Waals surface area contributed by atoms with Gasteiger partial charge in [0.15, 0.2) is 0 Å². The van der Waals surface area contributed by atoms with Crippen LogP contribution in [0.25, 0.3) is 0 Å². The summed E-state index contributed by atoms with van der Waals surface area (Å²) >= 11 is 0. The molecule has 1 unspecified atom stereocenters. The fourth-order valence-corrected chi connectivity index (χ4v) is 2.06. The average molecular weight is 238 g/mol. The zero-order valence-corrected chi connectivity index (χ0v) is 9.40. The number of hydrogen-bond acceptors (Lipinski definition) is 3. The molecule has 1 aliphatic heterocycles. The van der Waals surface area contributed by atoms with Crippen LogP contribution >= 0.6 is 0 Å². The predicted molar refractivity (Wildman–Crippen MR) is 62.0 cm³/mol. The van der Waals surface area contributed by atoms with Gasteiger partial charge in [-0.25, -0.2) is 4.39 Å². The third-order valence-electron chi connectivity index (χ3n) is 2.85. The molecule has 0 bridgehead atoms. The summed E-state index contributed by atoms with van der Waals surface area (Å²) in [6.45, 7) is 0.890. The number of amides is 1. The van der Waals surface area contributed by atoms with E-state index in [1.807, 2.05) is 0 Å². The Hall–Kier alpha value is -1.62. The molecule has 0 aliphatic carbocycles. The molecule has 1 aliphatic rings. The number of piperidine rings is 1. The van der Waals surface area contributed by atoms with E-state index in [-0.39, 0.29) is 17.2 Å². The van der Waals surface area contributed by atoms with Crippen molar-refractivity contribution in [3.63, 3.8) is 0 Å². The maximum Gasteiger partial charge on any atom is 0.254 e. The first kappa shape index (κ1) is 11.9. The fraction of sp³-hybridized carbons (Fsp3) is 0.417. The number of aliphatic hydroxyl groups excluding tert-OH is 1. The van der Waals surface area contributed by atoms with Crippen molar-refractivity contribution in [1.82, 2.24) is 4.90 Å². The number of hydrogen-bond donors (Lipinski definition) is 2. The van der Waals surface area contributed by atoms with Crippen molar-refractivity contribution >= 4 is 11.6 Å². The number of rotatable bonds is 1. The van der Waals surface area contributed by atoms with Crippen LogP contribution < -0.4 is 5.73 Å². The van der Waals surface area contributed by atoms with E-state index < -0.39 is 11.9 Å². The largest absolute Gasteiger partial charge is 0.399 e. The van der Waals surface area contributed by atoms with E-state index in [4.69, 9.17) is 5.73 Å². The number of benzene rings is 1. The molecule has 17 heavy (non-hydrogen) atoms. The summed E-state index contributed by atoms with van der Waals surface area (Å²) in [5, 5.41) is 9.49. The maximum atomic E-state index is 13.1. The molecule has 1 heterocycles. The number of aliphatic hydroxyl groups is 1. The Bertz CT molecular complexity index is 416. The lowest BCUT2D eigenvalue weighted by Gasteiger charge is -2.30. The number of carbonyl (C=O) groups is 1. The van der Waals surface area contributed by atoms with Crippen LogP contribution in [0.15, 0.2) is 18.2 Å². The number of anilines is 1. The molecule has 1 aromatic rings. The second-order valence-corrected chi connectivity index (χ2v) is 4.32. The number of nitrogens with two attached hydrogens (primary N) is 1. The molecule has 1 saturated heterocycles. The summed E-state index contributed by atoms with van der Waals surface area (Å²) in [5.41, 5.74) is 5.95. The third-order valence-corrected chi connectivity index (χ3v) is 2.85. The molecule has 1 aromatic carbocycles. The summed E-state index contributed by atoms with van der Waals surface area (Å²) in [4.78, 5) is 13.6. The van der Waals surface area contributed by atoms with Crippen molar-refractivity contribution in [3.8, 4) is 0 Å². The first-order valence-corrected chi connectivity index (χ1v) is 5.59. The molecule has 0 aromatic heterocycles. The van der Waals surface area contributed by atoms with E-state index in [0.717, 1.165) is 6.42 Å². The van der Waals surface area contributed by atoms with Gasteiger partial charge in [-0.3, -0.25) is 4.79 Å². The highest BCUT2D eigenvalue weighted by Crippen LogP contribution is 2.16. The summed E-state index contributed by atoms with van der Waals surface area (Å²) in [6, 6.07) is 3.79. The lowest BCUT2D eigenvalue weighted by molar-refractivity contribution is 0.0473. The Kier molecular flexibility index (Phi) is 3.28. The van der Waals surface area contributed by atoms with Gasteiger partial charge >= 0.3 is 0 Å². The Morgan fingerprint density at radius 1 is 1.47 bits per heavy atom. The van der Waals surface area contributed by atoms with Gasteiger partial charge in [0.25, 0.3) is 5.91 Å². The monoisotopic (exact) mass is 238 g/mol. The van der Waals surface area contributed by atoms with Crippen LogP contribution in [0.1, 0.15) is 23.2 Å². The fourth-order valence-electron chi connectivity index (χ4n) is 2.06. The summed E-state index contributed by atoms with van der Waals surface area (Å²) < 4.78 is 13.1. The molecule has 2 rings (SSSR count). The molecule has 0 radical (unpaired) electrons. The van der Waals surface area contributed by atoms with Crippen LogP contribution in [0.4, 0.5) is 10.1 Å². The first-order valence-electron chi connectivity index (χ1n) is 5.59. The molecule has 1 fully saturated rings. The van der Waals surface area contributed by atoms with Gasteiger partial charge in [-0.05, 0) is 31.0 Å². The summed E-state index contributed by atoms with van der Waals surface area (Å²) in [6.07, 6.45) is 0.978. The van der Waals surface area contributed by atoms with E-state index >= 15 is 0 Å². The number of halogens is 1. The van der Waals surface area contributed by atoms with Gasteiger partial charge < -0.3 is 15.7 Å². The van der Waals surface area contributed by atoms with Crippen molar-refractivity contribution in [2.75, 3.05) is 18.8 Å². The Labute approximate surface area is 98.8 Å². The van der Waals surface area contributed by atoms with E-state index in [9.17, 15) is 14.3 Å². The van der Waals surface area contributed by atoms with Gasteiger partial charge in [0, 0.05) is 24.3 Å². The molecule has 0 spiro atoms. The van der Waals surface area contributed by atoms with Crippen molar-refractivity contribution in [1.29, 1.82) is 0 Å². The van der Waals surface area contributed by atoms with Crippen LogP contribution in [-0.2, 0) is 0 Å². The molecular weight excluding hydrogens is 223 g/mol. The average Bonchev–Trinajstić information content (AvgIpc) is 2.26. The maximum absolute atomic E-state index is 13.1. The minimum atomic E-state index is -0.522. The van der Waals surface area contributed by atoms with Gasteiger partial charge in [-0.1, -0.05) is 0 Å². The molecule has 1 atom stereocenters. The number of likely N-dealkylation sites (tertiary alicyclic amines) is 1. The molecule has 3 N–H and O–H groups in total. The molecule has 5 heteroatoms. The van der Waals surface area contributed by atoms with Crippen molar-refractivity contribution in [3.05, 3.63) is 29.6 Å². The first-order chi connectivity index (χ1) is 8.06. The van der Waals surface area contributed by atoms with Crippen LogP contribution in [0.2, 0.25) is 0 Å². The van der Waals surface area contributed by atoms with Gasteiger partial charge in [-0.15, -0.1) is 0 Å². The Balaban J connectivity index is 2.18. The highest BCUT2D eigenvalue weighted by atomic mass is 19.1. The highest BCUT2D eigenvalue weighted by Gasteiger charge is 2.23. The summed E-state index contributed by atoms with van der Waals surface area (Å²) in [7, 11) is 0. The minimum absolute atomic E-state index is 0.228. The quantitative estimate of drug-likeness (QED) is 0.717. The second kappa shape index (κ2) is 4.71.